The van der Waals surface area contributed by atoms with Crippen molar-refractivity contribution in [3.8, 4) is 0 Å². The lowest BCUT2D eigenvalue weighted by atomic mass is 10.2. The summed E-state index contributed by atoms with van der Waals surface area (Å²) in [6, 6.07) is 11.1. The third-order valence-corrected chi connectivity index (χ3v) is 6.07. The topological polar surface area (TPSA) is 111 Å². The molecule has 154 valence electrons. The molecular weight excluding hydrogens is 426 g/mol. The monoisotopic (exact) mass is 443 g/mol. The van der Waals surface area contributed by atoms with Gasteiger partial charge in [0.15, 0.2) is 10.9 Å². The molecule has 3 rings (SSSR count). The molecule has 1 heterocycles. The molecule has 0 bridgehead atoms. The Balaban J connectivity index is 1.74. The van der Waals surface area contributed by atoms with Crippen LogP contribution in [0.2, 0.25) is 0 Å². The molecule has 0 aliphatic rings. The summed E-state index contributed by atoms with van der Waals surface area (Å²) in [5.41, 5.74) is 2.08. The molecule has 0 aliphatic carbocycles. The number of rotatable bonds is 7. The van der Waals surface area contributed by atoms with Crippen LogP contribution in [0.4, 0.5) is 11.4 Å². The normalized spacial score (nSPS) is 10.5. The van der Waals surface area contributed by atoms with E-state index in [0.717, 1.165) is 17.3 Å². The highest BCUT2D eigenvalue weighted by Gasteiger charge is 2.20. The number of aromatic nitrogens is 1. The van der Waals surface area contributed by atoms with E-state index in [1.165, 1.54) is 35.2 Å². The molecule has 1 aromatic heterocycles. The molecule has 1 N–H and O–H groups in total. The first-order valence-electron chi connectivity index (χ1n) is 8.74. The van der Waals surface area contributed by atoms with E-state index in [9.17, 15) is 19.7 Å². The van der Waals surface area contributed by atoms with Crippen LogP contribution in [-0.2, 0) is 9.53 Å². The number of nitro groups is 1. The van der Waals surface area contributed by atoms with Gasteiger partial charge >= 0.3 is 5.97 Å². The first-order chi connectivity index (χ1) is 14.3. The van der Waals surface area contributed by atoms with E-state index in [-0.39, 0.29) is 11.3 Å². The minimum Gasteiger partial charge on any atom is -0.452 e. The number of nitrogens with zero attached hydrogens (tertiary/aromatic N) is 2. The number of para-hydroxylation sites is 1. The average Bonchev–Trinajstić information content (AvgIpc) is 3.12. The lowest BCUT2D eigenvalue weighted by molar-refractivity contribution is -0.384. The molecule has 0 atom stereocenters. The van der Waals surface area contributed by atoms with Gasteiger partial charge in [0.25, 0.3) is 11.6 Å². The van der Waals surface area contributed by atoms with Gasteiger partial charge in [-0.1, -0.05) is 30.0 Å². The van der Waals surface area contributed by atoms with Crippen molar-refractivity contribution in [2.45, 2.75) is 23.1 Å². The maximum absolute atomic E-state index is 12.6. The summed E-state index contributed by atoms with van der Waals surface area (Å²) in [7, 11) is 0. The second kappa shape index (κ2) is 9.51. The van der Waals surface area contributed by atoms with E-state index in [0.29, 0.717) is 14.9 Å². The van der Waals surface area contributed by atoms with Crippen molar-refractivity contribution in [3.63, 3.8) is 0 Å². The Morgan fingerprint density at radius 3 is 2.67 bits per heavy atom. The van der Waals surface area contributed by atoms with Gasteiger partial charge in [-0.15, -0.1) is 11.3 Å². The van der Waals surface area contributed by atoms with Gasteiger partial charge in [0.1, 0.15) is 0 Å². The lowest BCUT2D eigenvalue weighted by Gasteiger charge is -2.10. The molecule has 8 nitrogen and oxygen atoms in total. The van der Waals surface area contributed by atoms with Gasteiger partial charge in [0, 0.05) is 33.8 Å². The zero-order chi connectivity index (χ0) is 21.7. The second-order valence-electron chi connectivity index (χ2n) is 6.23. The maximum Gasteiger partial charge on any atom is 0.340 e. The number of ether oxygens (including phenoxy) is 1. The van der Waals surface area contributed by atoms with Crippen LogP contribution < -0.4 is 5.32 Å². The Hall–Kier alpha value is -3.24. The number of carbonyl (C=O) groups excluding carboxylic acids is 2. The third kappa shape index (κ3) is 5.43. The number of amides is 1. The molecule has 0 saturated carbocycles. The van der Waals surface area contributed by atoms with Crippen LogP contribution in [0.15, 0.2) is 57.1 Å². The number of esters is 1. The van der Waals surface area contributed by atoms with Crippen molar-refractivity contribution in [3.05, 3.63) is 74.8 Å². The number of thiazole rings is 1. The lowest BCUT2D eigenvalue weighted by Crippen LogP contribution is -2.21. The molecule has 3 aromatic rings. The zero-order valence-corrected chi connectivity index (χ0v) is 17.7. The SMILES string of the molecule is Cc1csc(Sc2ccc([N+](=O)[O-])cc2C(=O)OCC(=O)Nc2ccccc2C)n1. The molecular formula is C20H17N3O5S2. The Morgan fingerprint density at radius 2 is 2.00 bits per heavy atom. The highest BCUT2D eigenvalue weighted by molar-refractivity contribution is 8.01. The molecule has 0 radical (unpaired) electrons. The summed E-state index contributed by atoms with van der Waals surface area (Å²) in [5.74, 6) is -1.33. The van der Waals surface area contributed by atoms with Crippen molar-refractivity contribution in [1.29, 1.82) is 0 Å². The molecule has 0 aliphatic heterocycles. The fourth-order valence-electron chi connectivity index (χ4n) is 2.46. The van der Waals surface area contributed by atoms with Crippen LogP contribution in [0.3, 0.4) is 0 Å². The number of benzene rings is 2. The van der Waals surface area contributed by atoms with E-state index < -0.39 is 23.4 Å². The summed E-state index contributed by atoms with van der Waals surface area (Å²) in [4.78, 5) is 40.1. The van der Waals surface area contributed by atoms with E-state index >= 15 is 0 Å². The van der Waals surface area contributed by atoms with Crippen LogP contribution in [0.25, 0.3) is 0 Å². The summed E-state index contributed by atoms with van der Waals surface area (Å²) in [5, 5.41) is 15.7. The van der Waals surface area contributed by atoms with Crippen molar-refractivity contribution >= 4 is 46.3 Å². The number of nitro benzene ring substituents is 1. The molecule has 2 aromatic carbocycles. The maximum atomic E-state index is 12.6. The van der Waals surface area contributed by atoms with Gasteiger partial charge in [-0.25, -0.2) is 9.78 Å². The summed E-state index contributed by atoms with van der Waals surface area (Å²) in [6.45, 7) is 3.17. The standard InChI is InChI=1S/C20H17N3O5S2/c1-12-5-3-4-6-16(12)22-18(24)10-28-19(25)15-9-14(23(26)27)7-8-17(15)30-20-21-13(2)11-29-20/h3-9,11H,10H2,1-2H3,(H,22,24). The van der Waals surface area contributed by atoms with Crippen LogP contribution in [0, 0.1) is 24.0 Å². The number of non-ortho nitro benzene ring substituents is 1. The van der Waals surface area contributed by atoms with E-state index in [2.05, 4.69) is 10.3 Å². The Morgan fingerprint density at radius 1 is 1.23 bits per heavy atom. The molecule has 0 spiro atoms. The van der Waals surface area contributed by atoms with Crippen LogP contribution in [-0.4, -0.2) is 28.4 Å². The smallest absolute Gasteiger partial charge is 0.340 e. The first kappa shape index (κ1) is 21.5. The van der Waals surface area contributed by atoms with Crippen molar-refractivity contribution in [2.75, 3.05) is 11.9 Å². The Kier molecular flexibility index (Phi) is 6.80. The fourth-order valence-corrected chi connectivity index (χ4v) is 4.35. The van der Waals surface area contributed by atoms with Gasteiger partial charge in [-0.05, 0) is 31.5 Å². The van der Waals surface area contributed by atoms with Crippen LogP contribution in [0.1, 0.15) is 21.6 Å². The Labute approximate surface area is 180 Å². The van der Waals surface area contributed by atoms with Gasteiger partial charge in [0.2, 0.25) is 0 Å². The number of hydrogen-bond acceptors (Lipinski definition) is 8. The van der Waals surface area contributed by atoms with Gasteiger partial charge in [-0.2, -0.15) is 0 Å². The van der Waals surface area contributed by atoms with Crippen LogP contribution >= 0.6 is 23.1 Å². The highest BCUT2D eigenvalue weighted by Crippen LogP contribution is 2.34. The van der Waals surface area contributed by atoms with Crippen LogP contribution in [0.5, 0.6) is 0 Å². The molecule has 30 heavy (non-hydrogen) atoms. The fraction of sp³-hybridized carbons (Fsp3) is 0.150. The largest absolute Gasteiger partial charge is 0.452 e. The third-order valence-electron chi connectivity index (χ3n) is 3.94. The number of hydrogen-bond donors (Lipinski definition) is 1. The molecule has 1 amide bonds. The average molecular weight is 444 g/mol. The molecule has 0 saturated heterocycles. The predicted octanol–water partition coefficient (Wildman–Crippen LogP) is 4.61. The minimum atomic E-state index is -0.825. The van der Waals surface area contributed by atoms with Crippen molar-refractivity contribution in [2.24, 2.45) is 0 Å². The molecule has 0 fully saturated rings. The highest BCUT2D eigenvalue weighted by atomic mass is 32.2. The first-order valence-corrected chi connectivity index (χ1v) is 10.4. The summed E-state index contributed by atoms with van der Waals surface area (Å²) < 4.78 is 5.80. The minimum absolute atomic E-state index is 0.00532. The zero-order valence-electron chi connectivity index (χ0n) is 16.1. The van der Waals surface area contributed by atoms with E-state index in [1.807, 2.05) is 31.4 Å². The quantitative estimate of drug-likeness (QED) is 0.322. The van der Waals surface area contributed by atoms with Gasteiger partial charge < -0.3 is 10.1 Å². The molecule has 0 unspecified atom stereocenters. The van der Waals surface area contributed by atoms with Crippen molar-refractivity contribution in [1.82, 2.24) is 4.98 Å². The summed E-state index contributed by atoms with van der Waals surface area (Å²) >= 11 is 2.60. The number of carbonyl (C=O) groups is 2. The predicted molar refractivity (Wildman–Crippen MR) is 114 cm³/mol. The van der Waals surface area contributed by atoms with Crippen molar-refractivity contribution < 1.29 is 19.2 Å². The summed E-state index contributed by atoms with van der Waals surface area (Å²) in [6.07, 6.45) is 0. The van der Waals surface area contributed by atoms with E-state index in [1.54, 1.807) is 12.1 Å². The Bertz CT molecular complexity index is 1110. The number of anilines is 1. The van der Waals surface area contributed by atoms with E-state index in [4.69, 9.17) is 4.74 Å². The number of nitrogens with one attached hydrogen (secondary N) is 1. The van der Waals surface area contributed by atoms with Gasteiger partial charge in [-0.3, -0.25) is 14.9 Å². The molecule has 10 heteroatoms. The van der Waals surface area contributed by atoms with Gasteiger partial charge in [0.05, 0.1) is 10.5 Å². The second-order valence-corrected chi connectivity index (χ2v) is 8.38. The number of aryl methyl sites for hydroxylation is 2.